The van der Waals surface area contributed by atoms with Crippen LogP contribution in [-0.4, -0.2) is 35.3 Å². The number of anilines is 2. The van der Waals surface area contributed by atoms with Gasteiger partial charge in [-0.05, 0) is 23.8 Å². The molecule has 3 aromatic rings. The second-order valence-electron chi connectivity index (χ2n) is 6.99. The highest BCUT2D eigenvalue weighted by Gasteiger charge is 2.19. The van der Waals surface area contributed by atoms with Gasteiger partial charge < -0.3 is 14.3 Å². The fraction of sp³-hybridized carbons (Fsp3) is 0.350. The van der Waals surface area contributed by atoms with Crippen molar-refractivity contribution in [1.82, 2.24) is 15.1 Å². The summed E-state index contributed by atoms with van der Waals surface area (Å²) in [6.07, 6.45) is 1.81. The van der Waals surface area contributed by atoms with E-state index in [9.17, 15) is 0 Å². The van der Waals surface area contributed by atoms with Crippen LogP contribution < -0.4 is 9.80 Å². The molecule has 1 aliphatic heterocycles. The van der Waals surface area contributed by atoms with Gasteiger partial charge in [-0.2, -0.15) is 4.98 Å². The van der Waals surface area contributed by atoms with E-state index < -0.39 is 0 Å². The molecule has 0 unspecified atom stereocenters. The van der Waals surface area contributed by atoms with Crippen LogP contribution in [0.3, 0.4) is 0 Å². The predicted octanol–water partition coefficient (Wildman–Crippen LogP) is 3.71. The fourth-order valence-electron chi connectivity index (χ4n) is 3.20. The van der Waals surface area contributed by atoms with Gasteiger partial charge in [-0.3, -0.25) is 0 Å². The smallest absolute Gasteiger partial charge is 0.258 e. The topological polar surface area (TPSA) is 58.3 Å². The lowest BCUT2D eigenvalue weighted by atomic mass is 10.1. The van der Waals surface area contributed by atoms with Gasteiger partial charge in [0.1, 0.15) is 5.82 Å². The molecule has 6 heteroatoms. The van der Waals surface area contributed by atoms with Crippen LogP contribution in [0.25, 0.3) is 11.5 Å². The van der Waals surface area contributed by atoms with Crippen molar-refractivity contribution in [2.75, 3.05) is 29.9 Å². The lowest BCUT2D eigenvalue weighted by molar-refractivity contribution is 0.419. The van der Waals surface area contributed by atoms with Gasteiger partial charge in [-0.25, -0.2) is 4.98 Å². The van der Waals surface area contributed by atoms with Gasteiger partial charge in [0.25, 0.3) is 5.89 Å². The van der Waals surface area contributed by atoms with Crippen LogP contribution in [0.4, 0.5) is 11.5 Å². The Morgan fingerprint density at radius 1 is 1.12 bits per heavy atom. The molecule has 0 radical (unpaired) electrons. The Morgan fingerprint density at radius 3 is 2.77 bits per heavy atom. The van der Waals surface area contributed by atoms with Crippen molar-refractivity contribution in [3.63, 3.8) is 0 Å². The minimum absolute atomic E-state index is 0.242. The van der Waals surface area contributed by atoms with Crippen LogP contribution in [0, 0.1) is 0 Å². The van der Waals surface area contributed by atoms with Crippen LogP contribution >= 0.6 is 0 Å². The number of hydrogen-bond donors (Lipinski definition) is 0. The summed E-state index contributed by atoms with van der Waals surface area (Å²) in [5.74, 6) is 2.44. The Hall–Kier alpha value is -2.89. The van der Waals surface area contributed by atoms with Gasteiger partial charge in [0, 0.05) is 50.0 Å². The van der Waals surface area contributed by atoms with E-state index in [0.29, 0.717) is 5.89 Å². The molecule has 0 N–H and O–H groups in total. The van der Waals surface area contributed by atoms with Crippen molar-refractivity contribution < 1.29 is 4.52 Å². The SMILES string of the molecule is CC(C)c1noc(-c2ccnc(N3CCN(C)c4ccccc4C3)c2)n1. The monoisotopic (exact) mass is 349 g/mol. The molecule has 4 rings (SSSR count). The third-order valence-corrected chi connectivity index (χ3v) is 4.74. The minimum Gasteiger partial charge on any atom is -0.373 e. The summed E-state index contributed by atoms with van der Waals surface area (Å²) in [6, 6.07) is 12.5. The van der Waals surface area contributed by atoms with Crippen LogP contribution in [0.5, 0.6) is 0 Å². The molecule has 3 heterocycles. The van der Waals surface area contributed by atoms with Gasteiger partial charge in [0.05, 0.1) is 0 Å². The lowest BCUT2D eigenvalue weighted by Gasteiger charge is -2.22. The highest BCUT2D eigenvalue weighted by Crippen LogP contribution is 2.28. The summed E-state index contributed by atoms with van der Waals surface area (Å²) in [5.41, 5.74) is 3.49. The largest absolute Gasteiger partial charge is 0.373 e. The van der Waals surface area contributed by atoms with Crippen molar-refractivity contribution in [1.29, 1.82) is 0 Å². The molecule has 0 amide bonds. The van der Waals surface area contributed by atoms with Crippen molar-refractivity contribution in [2.45, 2.75) is 26.3 Å². The summed E-state index contributed by atoms with van der Waals surface area (Å²) in [6.45, 7) is 6.79. The number of benzene rings is 1. The molecule has 1 aromatic carbocycles. The molecule has 0 saturated carbocycles. The van der Waals surface area contributed by atoms with E-state index in [4.69, 9.17) is 4.52 Å². The zero-order chi connectivity index (χ0) is 18.1. The van der Waals surface area contributed by atoms with Gasteiger partial charge in [-0.1, -0.05) is 37.2 Å². The Morgan fingerprint density at radius 2 is 1.96 bits per heavy atom. The normalized spacial score (nSPS) is 14.5. The summed E-state index contributed by atoms with van der Waals surface area (Å²) in [5, 5.41) is 4.06. The van der Waals surface area contributed by atoms with Crippen LogP contribution in [0.15, 0.2) is 47.1 Å². The van der Waals surface area contributed by atoms with Crippen LogP contribution in [-0.2, 0) is 6.54 Å². The highest BCUT2D eigenvalue weighted by molar-refractivity contribution is 5.61. The number of nitrogens with zero attached hydrogens (tertiary/aromatic N) is 5. The molecule has 134 valence electrons. The first-order valence-electron chi connectivity index (χ1n) is 8.96. The first kappa shape index (κ1) is 16.6. The second-order valence-corrected chi connectivity index (χ2v) is 6.99. The average molecular weight is 349 g/mol. The third kappa shape index (κ3) is 3.14. The minimum atomic E-state index is 0.242. The number of aromatic nitrogens is 3. The third-order valence-electron chi connectivity index (χ3n) is 4.74. The summed E-state index contributed by atoms with van der Waals surface area (Å²) >= 11 is 0. The standard InChI is InChI=1S/C20H23N5O/c1-14(2)19-22-20(26-23-19)15-8-9-21-18(12-15)25-11-10-24(3)17-7-5-4-6-16(17)13-25/h4-9,12,14H,10-11,13H2,1-3H3. The Balaban J connectivity index is 1.64. The van der Waals surface area contributed by atoms with Crippen LogP contribution in [0.2, 0.25) is 0 Å². The number of likely N-dealkylation sites (N-methyl/N-ethyl adjacent to an activating group) is 1. The van der Waals surface area contributed by atoms with Gasteiger partial charge in [0.2, 0.25) is 0 Å². The van der Waals surface area contributed by atoms with Crippen molar-refractivity contribution in [3.05, 3.63) is 54.0 Å². The molecule has 0 fully saturated rings. The highest BCUT2D eigenvalue weighted by atomic mass is 16.5. The first-order valence-corrected chi connectivity index (χ1v) is 8.96. The maximum absolute atomic E-state index is 5.44. The quantitative estimate of drug-likeness (QED) is 0.718. The zero-order valence-corrected chi connectivity index (χ0v) is 15.4. The van der Waals surface area contributed by atoms with E-state index in [-0.39, 0.29) is 5.92 Å². The molecule has 26 heavy (non-hydrogen) atoms. The maximum atomic E-state index is 5.44. The average Bonchev–Trinajstić information content (AvgIpc) is 3.09. The molecular formula is C20H23N5O. The first-order chi connectivity index (χ1) is 12.6. The van der Waals surface area contributed by atoms with Crippen molar-refractivity contribution in [2.24, 2.45) is 0 Å². The summed E-state index contributed by atoms with van der Waals surface area (Å²) < 4.78 is 5.44. The molecule has 0 atom stereocenters. The van der Waals surface area contributed by atoms with Crippen LogP contribution in [0.1, 0.15) is 31.2 Å². The van der Waals surface area contributed by atoms with E-state index in [1.807, 2.05) is 18.3 Å². The Kier molecular flexibility index (Phi) is 4.32. The molecule has 1 aliphatic rings. The number of pyridine rings is 1. The lowest BCUT2D eigenvalue weighted by Crippen LogP contribution is -2.29. The number of hydrogen-bond acceptors (Lipinski definition) is 6. The Labute approximate surface area is 153 Å². The summed E-state index contributed by atoms with van der Waals surface area (Å²) in [7, 11) is 2.14. The van der Waals surface area contributed by atoms with E-state index in [0.717, 1.165) is 36.8 Å². The number of para-hydroxylation sites is 1. The maximum Gasteiger partial charge on any atom is 0.258 e. The van der Waals surface area contributed by atoms with Gasteiger partial charge in [0.15, 0.2) is 5.82 Å². The molecular weight excluding hydrogens is 326 g/mol. The van der Waals surface area contributed by atoms with Gasteiger partial charge in [-0.15, -0.1) is 0 Å². The molecule has 6 nitrogen and oxygen atoms in total. The molecule has 0 bridgehead atoms. The molecule has 2 aromatic heterocycles. The van der Waals surface area contributed by atoms with E-state index in [1.54, 1.807) is 0 Å². The zero-order valence-electron chi connectivity index (χ0n) is 15.4. The van der Waals surface area contributed by atoms with E-state index in [1.165, 1.54) is 11.3 Å². The van der Waals surface area contributed by atoms with E-state index in [2.05, 4.69) is 70.1 Å². The molecule has 0 saturated heterocycles. The summed E-state index contributed by atoms with van der Waals surface area (Å²) in [4.78, 5) is 13.7. The van der Waals surface area contributed by atoms with Crippen molar-refractivity contribution >= 4 is 11.5 Å². The number of rotatable bonds is 3. The fourth-order valence-corrected chi connectivity index (χ4v) is 3.20. The predicted molar refractivity (Wildman–Crippen MR) is 102 cm³/mol. The van der Waals surface area contributed by atoms with Crippen molar-refractivity contribution in [3.8, 4) is 11.5 Å². The molecule has 0 aliphatic carbocycles. The van der Waals surface area contributed by atoms with E-state index >= 15 is 0 Å². The Bertz CT molecular complexity index is 904. The molecule has 0 spiro atoms. The van der Waals surface area contributed by atoms with Gasteiger partial charge >= 0.3 is 0 Å². The number of fused-ring (bicyclic) bond motifs is 1. The second kappa shape index (κ2) is 6.78.